The molecule has 0 aliphatic carbocycles. The number of rotatable bonds is 5. The van der Waals surface area contributed by atoms with Gasteiger partial charge in [0.2, 0.25) is 0 Å². The number of ether oxygens (including phenoxy) is 1. The second-order valence-electron chi connectivity index (χ2n) is 5.12. The van der Waals surface area contributed by atoms with Gasteiger partial charge >= 0.3 is 0 Å². The predicted octanol–water partition coefficient (Wildman–Crippen LogP) is 2.91. The highest BCUT2D eigenvalue weighted by molar-refractivity contribution is 5.66. The molecule has 0 saturated heterocycles. The molecule has 1 aromatic heterocycles. The number of nitro benzene ring substituents is 1. The molecule has 0 bridgehead atoms. The minimum absolute atomic E-state index is 0.0228. The number of non-ortho nitro benzene ring substituents is 1. The lowest BCUT2D eigenvalue weighted by atomic mass is 10.1. The van der Waals surface area contributed by atoms with Gasteiger partial charge < -0.3 is 10.5 Å². The van der Waals surface area contributed by atoms with E-state index in [1.54, 1.807) is 23.9 Å². The summed E-state index contributed by atoms with van der Waals surface area (Å²) in [6, 6.07) is 15.7. The van der Waals surface area contributed by atoms with Crippen molar-refractivity contribution >= 4 is 5.69 Å². The van der Waals surface area contributed by atoms with Crippen molar-refractivity contribution < 1.29 is 9.66 Å². The summed E-state index contributed by atoms with van der Waals surface area (Å²) in [5, 5.41) is 15.5. The Morgan fingerprint density at radius 1 is 1.21 bits per heavy atom. The number of nitrogens with two attached hydrogens (primary N) is 1. The molecule has 0 aliphatic rings. The summed E-state index contributed by atoms with van der Waals surface area (Å²) in [6.07, 6.45) is 0. The number of benzene rings is 2. The first-order valence-electron chi connectivity index (χ1n) is 7.31. The van der Waals surface area contributed by atoms with Gasteiger partial charge in [-0.25, -0.2) is 4.68 Å². The molecule has 24 heavy (non-hydrogen) atoms. The first-order chi connectivity index (χ1) is 11.6. The first-order valence-corrected chi connectivity index (χ1v) is 7.31. The topological polar surface area (TPSA) is 96.2 Å². The molecule has 0 fully saturated rings. The smallest absolute Gasteiger partial charge is 0.270 e. The van der Waals surface area contributed by atoms with Crippen LogP contribution in [0, 0.1) is 10.1 Å². The Balaban J connectivity index is 2.20. The van der Waals surface area contributed by atoms with Crippen molar-refractivity contribution in [2.75, 3.05) is 7.11 Å². The number of hydrogen-bond acceptors (Lipinski definition) is 5. The van der Waals surface area contributed by atoms with Gasteiger partial charge in [-0.3, -0.25) is 10.1 Å². The number of aromatic nitrogens is 2. The second-order valence-corrected chi connectivity index (χ2v) is 5.12. The summed E-state index contributed by atoms with van der Waals surface area (Å²) >= 11 is 0. The summed E-state index contributed by atoms with van der Waals surface area (Å²) in [4.78, 5) is 10.6. The molecule has 3 rings (SSSR count). The number of methoxy groups -OCH3 is 1. The number of para-hydroxylation sites is 2. The Morgan fingerprint density at radius 2 is 2.00 bits per heavy atom. The number of nitrogens with zero attached hydrogens (tertiary/aromatic N) is 3. The van der Waals surface area contributed by atoms with E-state index < -0.39 is 4.92 Å². The van der Waals surface area contributed by atoms with E-state index in [9.17, 15) is 10.1 Å². The third kappa shape index (κ3) is 2.84. The highest BCUT2D eigenvalue weighted by atomic mass is 16.6. The molecule has 0 radical (unpaired) electrons. The molecule has 7 nitrogen and oxygen atoms in total. The maximum atomic E-state index is 11.0. The second kappa shape index (κ2) is 6.51. The van der Waals surface area contributed by atoms with Crippen LogP contribution >= 0.6 is 0 Å². The van der Waals surface area contributed by atoms with Gasteiger partial charge in [0.25, 0.3) is 5.69 Å². The molecule has 2 N–H and O–H groups in total. The Kier molecular flexibility index (Phi) is 4.26. The fourth-order valence-corrected chi connectivity index (χ4v) is 2.50. The van der Waals surface area contributed by atoms with E-state index in [0.717, 1.165) is 5.69 Å². The zero-order valence-electron chi connectivity index (χ0n) is 13.0. The third-order valence-electron chi connectivity index (χ3n) is 3.64. The third-order valence-corrected chi connectivity index (χ3v) is 3.64. The SMILES string of the molecule is COc1ccccc1-n1nc(CN)cc1-c1cccc([N+](=O)[O-])c1. The molecular weight excluding hydrogens is 308 g/mol. The average molecular weight is 324 g/mol. The van der Waals surface area contributed by atoms with Crippen molar-refractivity contribution in [3.05, 3.63) is 70.4 Å². The van der Waals surface area contributed by atoms with Crippen molar-refractivity contribution in [2.24, 2.45) is 5.73 Å². The van der Waals surface area contributed by atoms with E-state index in [0.29, 0.717) is 22.7 Å². The van der Waals surface area contributed by atoms with Gasteiger partial charge in [0, 0.05) is 24.2 Å². The first kappa shape index (κ1) is 15.7. The van der Waals surface area contributed by atoms with Gasteiger partial charge in [-0.15, -0.1) is 0 Å². The van der Waals surface area contributed by atoms with Gasteiger partial charge in [0.05, 0.1) is 23.4 Å². The van der Waals surface area contributed by atoms with Crippen LogP contribution in [-0.2, 0) is 6.54 Å². The van der Waals surface area contributed by atoms with Crippen LogP contribution in [0.1, 0.15) is 5.69 Å². The summed E-state index contributed by atoms with van der Waals surface area (Å²) in [6.45, 7) is 0.268. The van der Waals surface area contributed by atoms with E-state index in [2.05, 4.69) is 5.10 Å². The largest absolute Gasteiger partial charge is 0.494 e. The van der Waals surface area contributed by atoms with Crippen LogP contribution in [0.5, 0.6) is 5.75 Å². The molecule has 3 aromatic rings. The van der Waals surface area contributed by atoms with Crippen molar-refractivity contribution in [1.82, 2.24) is 9.78 Å². The molecule has 0 atom stereocenters. The van der Waals surface area contributed by atoms with Crippen molar-refractivity contribution in [3.63, 3.8) is 0 Å². The van der Waals surface area contributed by atoms with E-state index in [-0.39, 0.29) is 12.2 Å². The molecule has 0 saturated carbocycles. The average Bonchev–Trinajstić information content (AvgIpc) is 3.06. The minimum Gasteiger partial charge on any atom is -0.494 e. The van der Waals surface area contributed by atoms with Gasteiger partial charge in [0.15, 0.2) is 0 Å². The monoisotopic (exact) mass is 324 g/mol. The lowest BCUT2D eigenvalue weighted by Gasteiger charge is -2.11. The molecule has 122 valence electrons. The highest BCUT2D eigenvalue weighted by Crippen LogP contribution is 2.30. The Bertz CT molecular complexity index is 889. The molecule has 1 heterocycles. The highest BCUT2D eigenvalue weighted by Gasteiger charge is 2.16. The van der Waals surface area contributed by atoms with Gasteiger partial charge in [-0.1, -0.05) is 24.3 Å². The molecule has 7 heteroatoms. The minimum atomic E-state index is -0.419. The van der Waals surface area contributed by atoms with Gasteiger partial charge in [-0.05, 0) is 18.2 Å². The van der Waals surface area contributed by atoms with E-state index in [1.165, 1.54) is 12.1 Å². The summed E-state index contributed by atoms with van der Waals surface area (Å²) in [5.74, 6) is 0.649. The Hall–Kier alpha value is -3.19. The molecule has 2 aromatic carbocycles. The van der Waals surface area contributed by atoms with Crippen molar-refractivity contribution in [3.8, 4) is 22.7 Å². The van der Waals surface area contributed by atoms with Crippen LogP contribution in [0.2, 0.25) is 0 Å². The fourth-order valence-electron chi connectivity index (χ4n) is 2.50. The van der Waals surface area contributed by atoms with Gasteiger partial charge in [0.1, 0.15) is 11.4 Å². The van der Waals surface area contributed by atoms with E-state index >= 15 is 0 Å². The molecule has 0 spiro atoms. The number of hydrogen-bond donors (Lipinski definition) is 1. The van der Waals surface area contributed by atoms with E-state index in [1.807, 2.05) is 30.3 Å². The van der Waals surface area contributed by atoms with Gasteiger partial charge in [-0.2, -0.15) is 5.10 Å². The van der Waals surface area contributed by atoms with E-state index in [4.69, 9.17) is 10.5 Å². The zero-order valence-corrected chi connectivity index (χ0v) is 13.0. The maximum absolute atomic E-state index is 11.0. The molecular formula is C17H16N4O3. The lowest BCUT2D eigenvalue weighted by Crippen LogP contribution is -2.03. The summed E-state index contributed by atoms with van der Waals surface area (Å²) in [7, 11) is 1.58. The normalized spacial score (nSPS) is 10.6. The zero-order chi connectivity index (χ0) is 17.1. The summed E-state index contributed by atoms with van der Waals surface area (Å²) in [5.41, 5.74) is 8.56. The van der Waals surface area contributed by atoms with Crippen LogP contribution < -0.4 is 10.5 Å². The Labute approximate surface area is 138 Å². The summed E-state index contributed by atoms with van der Waals surface area (Å²) < 4.78 is 7.09. The quantitative estimate of drug-likeness (QED) is 0.575. The molecule has 0 aliphatic heterocycles. The molecule has 0 unspecified atom stereocenters. The number of nitro groups is 1. The predicted molar refractivity (Wildman–Crippen MR) is 90.1 cm³/mol. The van der Waals surface area contributed by atoms with Crippen LogP contribution in [-0.4, -0.2) is 21.8 Å². The maximum Gasteiger partial charge on any atom is 0.270 e. The van der Waals surface area contributed by atoms with Crippen LogP contribution in [0.3, 0.4) is 0 Å². The Morgan fingerprint density at radius 3 is 2.71 bits per heavy atom. The molecule has 0 amide bonds. The standard InChI is InChI=1S/C17H16N4O3/c1-24-17-8-3-2-7-15(17)20-16(10-13(11-18)19-20)12-5-4-6-14(9-12)21(22)23/h2-10H,11,18H2,1H3. The van der Waals surface area contributed by atoms with Crippen LogP contribution in [0.25, 0.3) is 16.9 Å². The van der Waals surface area contributed by atoms with Crippen molar-refractivity contribution in [2.45, 2.75) is 6.54 Å². The van der Waals surface area contributed by atoms with Crippen LogP contribution in [0.15, 0.2) is 54.6 Å². The van der Waals surface area contributed by atoms with Crippen LogP contribution in [0.4, 0.5) is 5.69 Å². The fraction of sp³-hybridized carbons (Fsp3) is 0.118. The van der Waals surface area contributed by atoms with Crippen molar-refractivity contribution in [1.29, 1.82) is 0 Å². The lowest BCUT2D eigenvalue weighted by molar-refractivity contribution is -0.384.